The van der Waals surface area contributed by atoms with Crippen molar-refractivity contribution in [2.45, 2.75) is 24.7 Å². The Morgan fingerprint density at radius 3 is 2.28 bits per heavy atom. The summed E-state index contributed by atoms with van der Waals surface area (Å²) in [4.78, 5) is 0.357. The molecule has 1 aliphatic heterocycles. The van der Waals surface area contributed by atoms with Gasteiger partial charge in [-0.1, -0.05) is 17.7 Å². The van der Waals surface area contributed by atoms with E-state index in [4.69, 9.17) is 5.11 Å². The van der Waals surface area contributed by atoms with Crippen LogP contribution in [0.15, 0.2) is 29.2 Å². The third-order valence-electron chi connectivity index (χ3n) is 3.49. The lowest BCUT2D eigenvalue weighted by atomic mass is 10.00. The Morgan fingerprint density at radius 1 is 1.22 bits per heavy atom. The van der Waals surface area contributed by atoms with E-state index in [0.29, 0.717) is 18.0 Å². The van der Waals surface area contributed by atoms with Crippen LogP contribution in [0, 0.1) is 12.8 Å². The maximum absolute atomic E-state index is 12.4. The van der Waals surface area contributed by atoms with Gasteiger partial charge in [0.1, 0.15) is 0 Å². The standard InChI is InChI=1S/C13H19NO3S/c1-11-2-4-13(5-3-11)18(16,17)14-8-6-12(10-15)7-9-14/h2-5,12,15H,6-10H2,1H3. The summed E-state index contributed by atoms with van der Waals surface area (Å²) < 4.78 is 26.2. The van der Waals surface area contributed by atoms with Crippen LogP contribution in [0.1, 0.15) is 18.4 Å². The van der Waals surface area contributed by atoms with Crippen LogP contribution in [-0.2, 0) is 10.0 Å². The minimum absolute atomic E-state index is 0.151. The number of piperidine rings is 1. The Kier molecular flexibility index (Phi) is 4.04. The summed E-state index contributed by atoms with van der Waals surface area (Å²) in [7, 11) is -3.36. The Bertz CT molecular complexity index is 487. The highest BCUT2D eigenvalue weighted by Crippen LogP contribution is 2.23. The molecule has 2 rings (SSSR count). The van der Waals surface area contributed by atoms with Crippen molar-refractivity contribution >= 4 is 10.0 Å². The molecule has 0 spiro atoms. The van der Waals surface area contributed by atoms with E-state index in [9.17, 15) is 8.42 Å². The maximum Gasteiger partial charge on any atom is 0.243 e. The molecule has 0 amide bonds. The van der Waals surface area contributed by atoms with Gasteiger partial charge >= 0.3 is 0 Å². The second-order valence-electron chi connectivity index (χ2n) is 4.84. The van der Waals surface area contributed by atoms with Gasteiger partial charge in [-0.15, -0.1) is 0 Å². The minimum Gasteiger partial charge on any atom is -0.396 e. The number of aryl methyl sites for hydroxylation is 1. The number of aliphatic hydroxyl groups excluding tert-OH is 1. The largest absolute Gasteiger partial charge is 0.396 e. The minimum atomic E-state index is -3.36. The molecule has 0 bridgehead atoms. The average Bonchev–Trinajstić information content (AvgIpc) is 2.39. The van der Waals surface area contributed by atoms with Crippen molar-refractivity contribution in [1.82, 2.24) is 4.31 Å². The van der Waals surface area contributed by atoms with E-state index in [-0.39, 0.29) is 12.5 Å². The van der Waals surface area contributed by atoms with E-state index in [1.165, 1.54) is 4.31 Å². The molecule has 1 aromatic carbocycles. The van der Waals surface area contributed by atoms with E-state index in [1.807, 2.05) is 19.1 Å². The molecule has 5 heteroatoms. The zero-order valence-electron chi connectivity index (χ0n) is 10.5. The zero-order valence-corrected chi connectivity index (χ0v) is 11.4. The second-order valence-corrected chi connectivity index (χ2v) is 6.78. The van der Waals surface area contributed by atoms with Gasteiger partial charge in [-0.2, -0.15) is 4.31 Å². The van der Waals surface area contributed by atoms with Gasteiger partial charge in [0.15, 0.2) is 0 Å². The van der Waals surface area contributed by atoms with E-state index in [0.717, 1.165) is 18.4 Å². The molecule has 0 radical (unpaired) electrons. The van der Waals surface area contributed by atoms with Crippen LogP contribution in [0.25, 0.3) is 0 Å². The SMILES string of the molecule is Cc1ccc(S(=O)(=O)N2CCC(CO)CC2)cc1. The van der Waals surface area contributed by atoms with E-state index in [1.54, 1.807) is 12.1 Å². The molecule has 0 unspecified atom stereocenters. The summed E-state index contributed by atoms with van der Waals surface area (Å²) in [5, 5.41) is 9.06. The van der Waals surface area contributed by atoms with E-state index in [2.05, 4.69) is 0 Å². The number of benzene rings is 1. The van der Waals surface area contributed by atoms with Gasteiger partial charge in [-0.3, -0.25) is 0 Å². The Balaban J connectivity index is 2.15. The van der Waals surface area contributed by atoms with Gasteiger partial charge in [-0.05, 0) is 37.8 Å². The summed E-state index contributed by atoms with van der Waals surface area (Å²) in [6.45, 7) is 3.09. The third kappa shape index (κ3) is 2.74. The molecular formula is C13H19NO3S. The molecule has 4 nitrogen and oxygen atoms in total. The lowest BCUT2D eigenvalue weighted by Crippen LogP contribution is -2.39. The van der Waals surface area contributed by atoms with Crippen LogP contribution in [0.3, 0.4) is 0 Å². The third-order valence-corrected chi connectivity index (χ3v) is 5.40. The molecule has 0 aliphatic carbocycles. The molecule has 1 N–H and O–H groups in total. The summed E-state index contributed by atoms with van der Waals surface area (Å²) >= 11 is 0. The van der Waals surface area contributed by atoms with Gasteiger partial charge in [0.25, 0.3) is 0 Å². The van der Waals surface area contributed by atoms with Gasteiger partial charge in [-0.25, -0.2) is 8.42 Å². The van der Waals surface area contributed by atoms with Crippen LogP contribution >= 0.6 is 0 Å². The van der Waals surface area contributed by atoms with Crippen LogP contribution in [0.4, 0.5) is 0 Å². The van der Waals surface area contributed by atoms with Crippen LogP contribution < -0.4 is 0 Å². The van der Waals surface area contributed by atoms with Gasteiger partial charge in [0.2, 0.25) is 10.0 Å². The molecule has 1 heterocycles. The number of hydrogen-bond donors (Lipinski definition) is 1. The fourth-order valence-electron chi connectivity index (χ4n) is 2.19. The lowest BCUT2D eigenvalue weighted by Gasteiger charge is -2.30. The fraction of sp³-hybridized carbons (Fsp3) is 0.538. The van der Waals surface area contributed by atoms with Crippen molar-refractivity contribution in [1.29, 1.82) is 0 Å². The first-order valence-corrected chi connectivity index (χ1v) is 7.65. The molecule has 1 fully saturated rings. The van der Waals surface area contributed by atoms with Crippen LogP contribution in [0.2, 0.25) is 0 Å². The molecule has 1 aromatic rings. The smallest absolute Gasteiger partial charge is 0.243 e. The molecule has 100 valence electrons. The van der Waals surface area contributed by atoms with Gasteiger partial charge < -0.3 is 5.11 Å². The Morgan fingerprint density at radius 2 is 1.78 bits per heavy atom. The lowest BCUT2D eigenvalue weighted by molar-refractivity contribution is 0.170. The van der Waals surface area contributed by atoms with Crippen LogP contribution in [0.5, 0.6) is 0 Å². The topological polar surface area (TPSA) is 57.6 Å². The monoisotopic (exact) mass is 269 g/mol. The highest BCUT2D eigenvalue weighted by atomic mass is 32.2. The van der Waals surface area contributed by atoms with Crippen molar-refractivity contribution < 1.29 is 13.5 Å². The summed E-state index contributed by atoms with van der Waals surface area (Å²) in [6, 6.07) is 6.94. The van der Waals surface area contributed by atoms with Crippen LogP contribution in [-0.4, -0.2) is 37.5 Å². The quantitative estimate of drug-likeness (QED) is 0.902. The Labute approximate surface area is 108 Å². The fourth-order valence-corrected chi connectivity index (χ4v) is 3.66. The first kappa shape index (κ1) is 13.5. The number of aliphatic hydroxyl groups is 1. The number of rotatable bonds is 3. The highest BCUT2D eigenvalue weighted by Gasteiger charge is 2.28. The molecule has 0 atom stereocenters. The predicted octanol–water partition coefficient (Wildman–Crippen LogP) is 1.39. The van der Waals surface area contributed by atoms with Crippen molar-refractivity contribution in [2.24, 2.45) is 5.92 Å². The molecule has 1 saturated heterocycles. The average molecular weight is 269 g/mol. The predicted molar refractivity (Wildman–Crippen MR) is 69.7 cm³/mol. The summed E-state index contributed by atoms with van der Waals surface area (Å²) in [5.74, 6) is 0.245. The first-order chi connectivity index (χ1) is 8.54. The molecule has 0 saturated carbocycles. The summed E-state index contributed by atoms with van der Waals surface area (Å²) in [5.41, 5.74) is 1.05. The van der Waals surface area contributed by atoms with Crippen molar-refractivity contribution in [3.8, 4) is 0 Å². The summed E-state index contributed by atoms with van der Waals surface area (Å²) in [6.07, 6.45) is 1.48. The maximum atomic E-state index is 12.4. The molecule has 18 heavy (non-hydrogen) atoms. The van der Waals surface area contributed by atoms with E-state index >= 15 is 0 Å². The van der Waals surface area contributed by atoms with E-state index < -0.39 is 10.0 Å². The molecule has 1 aliphatic rings. The van der Waals surface area contributed by atoms with Gasteiger partial charge in [0, 0.05) is 19.7 Å². The highest BCUT2D eigenvalue weighted by molar-refractivity contribution is 7.89. The van der Waals surface area contributed by atoms with Crippen molar-refractivity contribution in [3.05, 3.63) is 29.8 Å². The Hall–Kier alpha value is -0.910. The zero-order chi connectivity index (χ0) is 13.2. The normalized spacial score (nSPS) is 19.0. The van der Waals surface area contributed by atoms with Crippen molar-refractivity contribution in [2.75, 3.05) is 19.7 Å². The number of sulfonamides is 1. The molecule has 0 aromatic heterocycles. The number of hydrogen-bond acceptors (Lipinski definition) is 3. The molecular weight excluding hydrogens is 250 g/mol. The van der Waals surface area contributed by atoms with Gasteiger partial charge in [0.05, 0.1) is 4.90 Å². The first-order valence-electron chi connectivity index (χ1n) is 6.21. The second kappa shape index (κ2) is 5.38. The van der Waals surface area contributed by atoms with Crippen molar-refractivity contribution in [3.63, 3.8) is 0 Å². The number of nitrogens with zero attached hydrogens (tertiary/aromatic N) is 1.